The van der Waals surface area contributed by atoms with Gasteiger partial charge < -0.3 is 15.5 Å². The molecule has 17 heavy (non-hydrogen) atoms. The van der Waals surface area contributed by atoms with Gasteiger partial charge in [-0.15, -0.1) is 0 Å². The number of hydrogen-bond donors (Lipinski definition) is 2. The molecule has 1 fully saturated rings. The van der Waals surface area contributed by atoms with Crippen LogP contribution in [0.3, 0.4) is 0 Å². The molecule has 1 aliphatic rings. The Hall–Kier alpha value is -1.01. The molecule has 1 saturated heterocycles. The SMILES string of the molecule is CCCc1c(N)nc(C2CSCCO2)[nH]c1=O. The van der Waals surface area contributed by atoms with E-state index in [0.29, 0.717) is 30.2 Å². The summed E-state index contributed by atoms with van der Waals surface area (Å²) >= 11 is 1.80. The van der Waals surface area contributed by atoms with Crippen LogP contribution in [0.1, 0.15) is 30.8 Å². The number of aromatic nitrogens is 2. The number of nitrogens with two attached hydrogens (primary N) is 1. The second kappa shape index (κ2) is 5.55. The maximum atomic E-state index is 11.9. The van der Waals surface area contributed by atoms with E-state index in [1.807, 2.05) is 6.92 Å². The van der Waals surface area contributed by atoms with Crippen molar-refractivity contribution < 1.29 is 4.74 Å². The van der Waals surface area contributed by atoms with E-state index >= 15 is 0 Å². The second-order valence-electron chi connectivity index (χ2n) is 4.00. The van der Waals surface area contributed by atoms with Crippen LogP contribution >= 0.6 is 11.8 Å². The molecule has 0 radical (unpaired) electrons. The van der Waals surface area contributed by atoms with E-state index < -0.39 is 0 Å². The van der Waals surface area contributed by atoms with Gasteiger partial charge in [-0.05, 0) is 6.42 Å². The minimum Gasteiger partial charge on any atom is -0.383 e. The van der Waals surface area contributed by atoms with Crippen LogP contribution < -0.4 is 11.3 Å². The molecule has 0 bridgehead atoms. The Kier molecular flexibility index (Phi) is 4.06. The van der Waals surface area contributed by atoms with Crippen LogP contribution in [0.4, 0.5) is 5.82 Å². The first-order valence-electron chi connectivity index (χ1n) is 5.80. The summed E-state index contributed by atoms with van der Waals surface area (Å²) in [5, 5.41) is 0. The van der Waals surface area contributed by atoms with E-state index in [2.05, 4.69) is 9.97 Å². The van der Waals surface area contributed by atoms with Crippen molar-refractivity contribution in [3.8, 4) is 0 Å². The highest BCUT2D eigenvalue weighted by molar-refractivity contribution is 7.99. The molecule has 94 valence electrons. The third kappa shape index (κ3) is 2.81. The Morgan fingerprint density at radius 3 is 3.06 bits per heavy atom. The molecule has 0 amide bonds. The van der Waals surface area contributed by atoms with Crippen LogP contribution in [-0.4, -0.2) is 28.1 Å². The molecule has 2 rings (SSSR count). The first-order chi connectivity index (χ1) is 8.22. The highest BCUT2D eigenvalue weighted by Gasteiger charge is 2.20. The fourth-order valence-electron chi connectivity index (χ4n) is 1.82. The van der Waals surface area contributed by atoms with Crippen molar-refractivity contribution in [2.75, 3.05) is 23.8 Å². The lowest BCUT2D eigenvalue weighted by atomic mass is 10.2. The van der Waals surface area contributed by atoms with Gasteiger partial charge in [0, 0.05) is 11.5 Å². The molecular formula is C11H17N3O2S. The summed E-state index contributed by atoms with van der Waals surface area (Å²) in [6.45, 7) is 2.70. The van der Waals surface area contributed by atoms with Crippen molar-refractivity contribution in [3.05, 3.63) is 21.7 Å². The summed E-state index contributed by atoms with van der Waals surface area (Å²) in [5.74, 6) is 2.70. The number of nitrogen functional groups attached to an aromatic ring is 1. The first-order valence-corrected chi connectivity index (χ1v) is 6.95. The smallest absolute Gasteiger partial charge is 0.256 e. The molecule has 2 heterocycles. The van der Waals surface area contributed by atoms with Gasteiger partial charge in [-0.25, -0.2) is 4.98 Å². The number of H-pyrrole nitrogens is 1. The normalized spacial score (nSPS) is 20.4. The summed E-state index contributed by atoms with van der Waals surface area (Å²) in [6.07, 6.45) is 1.40. The highest BCUT2D eigenvalue weighted by Crippen LogP contribution is 2.24. The van der Waals surface area contributed by atoms with Gasteiger partial charge in [0.15, 0.2) is 0 Å². The predicted octanol–water partition coefficient (Wildman–Crippen LogP) is 1.11. The Labute approximate surface area is 104 Å². The molecule has 0 spiro atoms. The number of anilines is 1. The molecule has 0 aliphatic carbocycles. The monoisotopic (exact) mass is 255 g/mol. The average Bonchev–Trinajstić information content (AvgIpc) is 2.35. The lowest BCUT2D eigenvalue weighted by Gasteiger charge is -2.21. The predicted molar refractivity (Wildman–Crippen MR) is 69.3 cm³/mol. The quantitative estimate of drug-likeness (QED) is 0.845. The molecule has 1 aromatic rings. The molecule has 1 aromatic heterocycles. The summed E-state index contributed by atoms with van der Waals surface area (Å²) in [4.78, 5) is 18.9. The molecular weight excluding hydrogens is 238 g/mol. The fourth-order valence-corrected chi connectivity index (χ4v) is 2.67. The van der Waals surface area contributed by atoms with Crippen LogP contribution in [0, 0.1) is 0 Å². The van der Waals surface area contributed by atoms with Crippen molar-refractivity contribution in [1.82, 2.24) is 9.97 Å². The standard InChI is InChI=1S/C11H17N3O2S/c1-2-3-7-9(12)13-10(14-11(7)15)8-6-17-5-4-16-8/h8H,2-6H2,1H3,(H3,12,13,14,15). The molecule has 1 aliphatic heterocycles. The van der Waals surface area contributed by atoms with Crippen LogP contribution in [0.25, 0.3) is 0 Å². The van der Waals surface area contributed by atoms with Gasteiger partial charge in [-0.3, -0.25) is 4.79 Å². The van der Waals surface area contributed by atoms with E-state index in [1.165, 1.54) is 0 Å². The number of ether oxygens (including phenoxy) is 1. The zero-order valence-electron chi connectivity index (χ0n) is 9.86. The van der Waals surface area contributed by atoms with Crippen LogP contribution in [0.5, 0.6) is 0 Å². The highest BCUT2D eigenvalue weighted by atomic mass is 32.2. The van der Waals surface area contributed by atoms with Crippen LogP contribution in [0.15, 0.2) is 4.79 Å². The number of hydrogen-bond acceptors (Lipinski definition) is 5. The molecule has 1 atom stereocenters. The zero-order chi connectivity index (χ0) is 12.3. The molecule has 3 N–H and O–H groups in total. The van der Waals surface area contributed by atoms with Crippen molar-refractivity contribution in [3.63, 3.8) is 0 Å². The largest absolute Gasteiger partial charge is 0.383 e. The zero-order valence-corrected chi connectivity index (χ0v) is 10.7. The number of rotatable bonds is 3. The van der Waals surface area contributed by atoms with Crippen molar-refractivity contribution in [2.24, 2.45) is 0 Å². The maximum absolute atomic E-state index is 11.9. The number of nitrogens with one attached hydrogen (secondary N) is 1. The maximum Gasteiger partial charge on any atom is 0.256 e. The molecule has 0 aromatic carbocycles. The molecule has 1 unspecified atom stereocenters. The Balaban J connectivity index is 2.27. The van der Waals surface area contributed by atoms with Gasteiger partial charge in [0.05, 0.1) is 12.2 Å². The van der Waals surface area contributed by atoms with E-state index in [1.54, 1.807) is 11.8 Å². The Morgan fingerprint density at radius 2 is 2.47 bits per heavy atom. The Bertz CT molecular complexity index is 441. The minimum atomic E-state index is -0.139. The minimum absolute atomic E-state index is 0.131. The molecule has 5 nitrogen and oxygen atoms in total. The van der Waals surface area contributed by atoms with Gasteiger partial charge in [-0.2, -0.15) is 11.8 Å². The van der Waals surface area contributed by atoms with Gasteiger partial charge in [-0.1, -0.05) is 13.3 Å². The third-order valence-electron chi connectivity index (χ3n) is 2.69. The van der Waals surface area contributed by atoms with Crippen molar-refractivity contribution in [2.45, 2.75) is 25.9 Å². The molecule has 6 heteroatoms. The lowest BCUT2D eigenvalue weighted by Crippen LogP contribution is -2.25. The topological polar surface area (TPSA) is 81.0 Å². The van der Waals surface area contributed by atoms with Gasteiger partial charge in [0.1, 0.15) is 17.7 Å². The van der Waals surface area contributed by atoms with Gasteiger partial charge in [0.25, 0.3) is 5.56 Å². The summed E-state index contributed by atoms with van der Waals surface area (Å²) in [5.41, 5.74) is 6.27. The van der Waals surface area contributed by atoms with E-state index in [9.17, 15) is 4.79 Å². The van der Waals surface area contributed by atoms with E-state index in [4.69, 9.17) is 10.5 Å². The fraction of sp³-hybridized carbons (Fsp3) is 0.636. The van der Waals surface area contributed by atoms with E-state index in [-0.39, 0.29) is 11.7 Å². The van der Waals surface area contributed by atoms with Crippen molar-refractivity contribution in [1.29, 1.82) is 0 Å². The van der Waals surface area contributed by atoms with Gasteiger partial charge >= 0.3 is 0 Å². The van der Waals surface area contributed by atoms with Crippen LogP contribution in [-0.2, 0) is 11.2 Å². The number of aromatic amines is 1. The summed E-state index contributed by atoms with van der Waals surface area (Å²) in [6, 6.07) is 0. The van der Waals surface area contributed by atoms with Crippen molar-refractivity contribution >= 4 is 17.6 Å². The second-order valence-corrected chi connectivity index (χ2v) is 5.15. The third-order valence-corrected chi connectivity index (χ3v) is 3.68. The van der Waals surface area contributed by atoms with E-state index in [0.717, 1.165) is 17.9 Å². The lowest BCUT2D eigenvalue weighted by molar-refractivity contribution is 0.0693. The summed E-state index contributed by atoms with van der Waals surface area (Å²) in [7, 11) is 0. The number of thioether (sulfide) groups is 1. The van der Waals surface area contributed by atoms with Crippen LogP contribution in [0.2, 0.25) is 0 Å². The number of nitrogens with zero attached hydrogens (tertiary/aromatic N) is 1. The molecule has 0 saturated carbocycles. The van der Waals surface area contributed by atoms with Gasteiger partial charge in [0.2, 0.25) is 0 Å². The average molecular weight is 255 g/mol. The first kappa shape index (κ1) is 12.4. The Morgan fingerprint density at radius 1 is 1.65 bits per heavy atom. The summed E-state index contributed by atoms with van der Waals surface area (Å²) < 4.78 is 5.56.